The second kappa shape index (κ2) is 6.96. The molecule has 2 heterocycles. The minimum Gasteiger partial charge on any atom is -0.328 e. The van der Waals surface area contributed by atoms with Crippen LogP contribution in [0, 0.1) is 5.41 Å². The molecule has 0 radical (unpaired) electrons. The van der Waals surface area contributed by atoms with Crippen LogP contribution in [-0.2, 0) is 4.79 Å². The van der Waals surface area contributed by atoms with Gasteiger partial charge in [-0.2, -0.15) is 4.98 Å². The van der Waals surface area contributed by atoms with Crippen molar-refractivity contribution in [2.24, 2.45) is 5.41 Å². The lowest BCUT2D eigenvalue weighted by molar-refractivity contribution is -0.118. The number of aromatic nitrogens is 3. The average molecular weight is 439 g/mol. The van der Waals surface area contributed by atoms with Crippen LogP contribution >= 0.6 is 23.2 Å². The minimum absolute atomic E-state index is 0.104. The molecule has 0 spiro atoms. The molecule has 152 valence electrons. The summed E-state index contributed by atoms with van der Waals surface area (Å²) in [6.45, 7) is 4.21. The van der Waals surface area contributed by atoms with Crippen molar-refractivity contribution < 1.29 is 4.79 Å². The van der Waals surface area contributed by atoms with E-state index < -0.39 is 6.04 Å². The molecular weight excluding hydrogens is 419 g/mol. The molecule has 30 heavy (non-hydrogen) atoms. The third-order valence-corrected chi connectivity index (χ3v) is 6.18. The van der Waals surface area contributed by atoms with Crippen LogP contribution in [0.15, 0.2) is 59.8 Å². The molecule has 0 amide bonds. The van der Waals surface area contributed by atoms with Gasteiger partial charge < -0.3 is 5.32 Å². The fourth-order valence-corrected chi connectivity index (χ4v) is 4.84. The third-order valence-electron chi connectivity index (χ3n) is 5.62. The number of nitrogens with one attached hydrogen (secondary N) is 1. The van der Waals surface area contributed by atoms with Crippen LogP contribution in [0.1, 0.15) is 38.3 Å². The van der Waals surface area contributed by atoms with Crippen LogP contribution in [-0.4, -0.2) is 20.5 Å². The molecule has 1 aliphatic heterocycles. The minimum atomic E-state index is -0.449. The van der Waals surface area contributed by atoms with E-state index in [0.29, 0.717) is 33.8 Å². The number of allylic oxidation sites excluding steroid dienone is 2. The van der Waals surface area contributed by atoms with Crippen LogP contribution in [0.5, 0.6) is 0 Å². The number of carbonyl (C=O) groups excluding carboxylic acids is 1. The molecule has 7 heteroatoms. The topological polar surface area (TPSA) is 59.8 Å². The lowest BCUT2D eigenvalue weighted by Gasteiger charge is -2.38. The monoisotopic (exact) mass is 438 g/mol. The maximum Gasteiger partial charge on any atom is 0.226 e. The summed E-state index contributed by atoms with van der Waals surface area (Å²) < 4.78 is 1.77. The van der Waals surface area contributed by atoms with Crippen LogP contribution in [0.3, 0.4) is 0 Å². The second-order valence-electron chi connectivity index (χ2n) is 8.60. The Kier molecular flexibility index (Phi) is 4.49. The van der Waals surface area contributed by atoms with Gasteiger partial charge in [0.05, 0.1) is 0 Å². The van der Waals surface area contributed by atoms with E-state index >= 15 is 0 Å². The first-order valence-electron chi connectivity index (χ1n) is 9.82. The number of ketones is 1. The Hall–Kier alpha value is -2.63. The molecule has 1 aromatic heterocycles. The van der Waals surface area contributed by atoms with Gasteiger partial charge in [0, 0.05) is 38.9 Å². The van der Waals surface area contributed by atoms with Crippen molar-refractivity contribution in [3.8, 4) is 11.4 Å². The molecule has 0 bridgehead atoms. The maximum atomic E-state index is 13.3. The lowest BCUT2D eigenvalue weighted by Crippen LogP contribution is -2.36. The summed E-state index contributed by atoms with van der Waals surface area (Å²) in [4.78, 5) is 18.0. The van der Waals surface area contributed by atoms with Crippen LogP contribution in [0.25, 0.3) is 11.4 Å². The Morgan fingerprint density at radius 3 is 2.60 bits per heavy atom. The highest BCUT2D eigenvalue weighted by Crippen LogP contribution is 2.47. The molecule has 5 rings (SSSR count). The number of nitrogens with zero attached hydrogens (tertiary/aromatic N) is 3. The van der Waals surface area contributed by atoms with Gasteiger partial charge in [-0.25, -0.2) is 4.68 Å². The van der Waals surface area contributed by atoms with E-state index in [4.69, 9.17) is 33.3 Å². The standard InChI is InChI=1S/C23H20Cl2N4O/c1-23(2)11-17-19(18(30)12-23)20(15-9-8-14(24)10-16(15)25)29-22(26-17)27-21(28-29)13-6-4-3-5-7-13/h3-10,20H,11-12H2,1-2H3,(H,26,27,28). The normalized spacial score (nSPS) is 19.9. The Balaban J connectivity index is 1.72. The zero-order valence-corrected chi connectivity index (χ0v) is 18.1. The Morgan fingerprint density at radius 2 is 1.87 bits per heavy atom. The number of fused-ring (bicyclic) bond motifs is 1. The summed E-state index contributed by atoms with van der Waals surface area (Å²) in [5.74, 6) is 1.31. The first-order valence-corrected chi connectivity index (χ1v) is 10.6. The van der Waals surface area contributed by atoms with Crippen LogP contribution in [0.4, 0.5) is 5.95 Å². The molecule has 0 saturated carbocycles. The van der Waals surface area contributed by atoms with E-state index in [-0.39, 0.29) is 11.2 Å². The zero-order chi connectivity index (χ0) is 21.0. The quantitative estimate of drug-likeness (QED) is 0.539. The maximum absolute atomic E-state index is 13.3. The van der Waals surface area contributed by atoms with Crippen molar-refractivity contribution in [2.45, 2.75) is 32.7 Å². The summed E-state index contributed by atoms with van der Waals surface area (Å²) in [5, 5.41) is 9.20. The van der Waals surface area contributed by atoms with Gasteiger partial charge in [0.1, 0.15) is 6.04 Å². The fraction of sp³-hybridized carbons (Fsp3) is 0.261. The molecule has 2 aromatic carbocycles. The number of Topliss-reactive ketones (excluding diaryl/α,β-unsaturated/α-hetero) is 1. The van der Waals surface area contributed by atoms with Gasteiger partial charge in [-0.05, 0) is 24.0 Å². The van der Waals surface area contributed by atoms with Crippen LogP contribution < -0.4 is 5.32 Å². The second-order valence-corrected chi connectivity index (χ2v) is 9.44. The molecule has 1 aliphatic carbocycles. The van der Waals surface area contributed by atoms with Gasteiger partial charge in [0.25, 0.3) is 0 Å². The van der Waals surface area contributed by atoms with E-state index in [1.54, 1.807) is 16.8 Å². The Bertz CT molecular complexity index is 1200. The van der Waals surface area contributed by atoms with Crippen molar-refractivity contribution in [1.29, 1.82) is 0 Å². The number of hydrogen-bond donors (Lipinski definition) is 1. The van der Waals surface area contributed by atoms with Gasteiger partial charge in [0.2, 0.25) is 5.95 Å². The van der Waals surface area contributed by atoms with Gasteiger partial charge in [-0.1, -0.05) is 73.4 Å². The molecule has 0 fully saturated rings. The van der Waals surface area contributed by atoms with Crippen molar-refractivity contribution in [3.63, 3.8) is 0 Å². The number of hydrogen-bond acceptors (Lipinski definition) is 4. The number of rotatable bonds is 2. The summed E-state index contributed by atoms with van der Waals surface area (Å²) in [6, 6.07) is 14.7. The van der Waals surface area contributed by atoms with E-state index in [0.717, 1.165) is 23.2 Å². The molecule has 1 unspecified atom stereocenters. The predicted molar refractivity (Wildman–Crippen MR) is 119 cm³/mol. The molecule has 3 aromatic rings. The number of benzene rings is 2. The molecular formula is C23H20Cl2N4O. The molecule has 0 saturated heterocycles. The van der Waals surface area contributed by atoms with Crippen LogP contribution in [0.2, 0.25) is 10.0 Å². The summed E-state index contributed by atoms with van der Waals surface area (Å²) >= 11 is 12.7. The van der Waals surface area contributed by atoms with Crippen molar-refractivity contribution in [3.05, 3.63) is 75.4 Å². The molecule has 5 nitrogen and oxygen atoms in total. The van der Waals surface area contributed by atoms with E-state index in [1.165, 1.54) is 0 Å². The van der Waals surface area contributed by atoms with E-state index in [1.807, 2.05) is 36.4 Å². The van der Waals surface area contributed by atoms with Gasteiger partial charge >= 0.3 is 0 Å². The smallest absolute Gasteiger partial charge is 0.226 e. The van der Waals surface area contributed by atoms with E-state index in [9.17, 15) is 4.79 Å². The number of carbonyl (C=O) groups is 1. The van der Waals surface area contributed by atoms with Crippen molar-refractivity contribution in [2.75, 3.05) is 5.32 Å². The Labute approximate surface area is 184 Å². The molecule has 2 aliphatic rings. The summed E-state index contributed by atoms with van der Waals surface area (Å²) in [6.07, 6.45) is 1.23. The van der Waals surface area contributed by atoms with E-state index in [2.05, 4.69) is 19.2 Å². The summed E-state index contributed by atoms with van der Waals surface area (Å²) in [5.41, 5.74) is 3.17. The fourth-order valence-electron chi connectivity index (χ4n) is 4.33. The highest BCUT2D eigenvalue weighted by Gasteiger charge is 2.42. The average Bonchev–Trinajstić information content (AvgIpc) is 3.10. The molecule has 1 N–H and O–H groups in total. The highest BCUT2D eigenvalue weighted by atomic mass is 35.5. The van der Waals surface area contributed by atoms with Crippen molar-refractivity contribution >= 4 is 34.9 Å². The SMILES string of the molecule is CC1(C)CC(=O)C2=C(C1)Nc1nc(-c3ccccc3)nn1C2c1ccc(Cl)cc1Cl. The predicted octanol–water partition coefficient (Wildman–Crippen LogP) is 5.91. The first-order chi connectivity index (χ1) is 14.3. The lowest BCUT2D eigenvalue weighted by atomic mass is 9.73. The first kappa shape index (κ1) is 19.3. The highest BCUT2D eigenvalue weighted by molar-refractivity contribution is 6.35. The van der Waals surface area contributed by atoms with Gasteiger partial charge in [-0.3, -0.25) is 4.79 Å². The zero-order valence-electron chi connectivity index (χ0n) is 16.6. The summed E-state index contributed by atoms with van der Waals surface area (Å²) in [7, 11) is 0. The van der Waals surface area contributed by atoms with Gasteiger partial charge in [-0.15, -0.1) is 5.10 Å². The largest absolute Gasteiger partial charge is 0.328 e. The number of halogens is 2. The van der Waals surface area contributed by atoms with Gasteiger partial charge in [0.15, 0.2) is 11.6 Å². The van der Waals surface area contributed by atoms with Crippen molar-refractivity contribution in [1.82, 2.24) is 14.8 Å². The molecule has 1 atom stereocenters. The number of anilines is 1. The third kappa shape index (κ3) is 3.22. The Morgan fingerprint density at radius 1 is 1.10 bits per heavy atom.